The number of para-hydroxylation sites is 1. The van der Waals surface area contributed by atoms with E-state index in [1.165, 1.54) is 0 Å². The summed E-state index contributed by atoms with van der Waals surface area (Å²) in [5.74, 6) is -0.316. The van der Waals surface area contributed by atoms with Gasteiger partial charge in [-0.1, -0.05) is 32.0 Å². The van der Waals surface area contributed by atoms with Crippen molar-refractivity contribution >= 4 is 11.8 Å². The number of aryl methyl sites for hydroxylation is 1. The molecule has 0 spiro atoms. The molecular weight excluding hydrogens is 473 g/mol. The van der Waals surface area contributed by atoms with Crippen LogP contribution in [0.15, 0.2) is 42.7 Å². The van der Waals surface area contributed by atoms with Crippen molar-refractivity contribution < 1.29 is 22.8 Å². The van der Waals surface area contributed by atoms with Gasteiger partial charge in [-0.25, -0.2) is 14.6 Å². The van der Waals surface area contributed by atoms with E-state index in [4.69, 9.17) is 0 Å². The molecule has 8 nitrogen and oxygen atoms in total. The van der Waals surface area contributed by atoms with Gasteiger partial charge in [-0.3, -0.25) is 9.59 Å². The van der Waals surface area contributed by atoms with Gasteiger partial charge in [0.2, 0.25) is 5.91 Å². The lowest BCUT2D eigenvalue weighted by Crippen LogP contribution is -2.39. The Bertz CT molecular complexity index is 1240. The molecule has 2 aromatic heterocycles. The Labute approximate surface area is 206 Å². The second-order valence-corrected chi connectivity index (χ2v) is 9.01. The number of rotatable bonds is 7. The highest BCUT2D eigenvalue weighted by Crippen LogP contribution is 2.31. The summed E-state index contributed by atoms with van der Waals surface area (Å²) in [5, 5.41) is 8.77. The van der Waals surface area contributed by atoms with E-state index in [0.717, 1.165) is 28.0 Å². The van der Waals surface area contributed by atoms with Crippen LogP contribution in [0.3, 0.4) is 0 Å². The molecule has 190 valence electrons. The van der Waals surface area contributed by atoms with Crippen molar-refractivity contribution in [2.45, 2.75) is 45.2 Å². The number of aromatic nitrogens is 4. The third-order valence-electron chi connectivity index (χ3n) is 6.01. The molecule has 0 saturated carbocycles. The van der Waals surface area contributed by atoms with Gasteiger partial charge in [0, 0.05) is 43.0 Å². The Morgan fingerprint density at radius 2 is 1.86 bits per heavy atom. The fraction of sp³-hybridized carbons (Fsp3) is 0.400. The Kier molecular flexibility index (Phi) is 7.37. The monoisotopic (exact) mass is 500 g/mol. The van der Waals surface area contributed by atoms with Crippen LogP contribution in [0.1, 0.15) is 59.3 Å². The van der Waals surface area contributed by atoms with Crippen molar-refractivity contribution in [1.29, 1.82) is 0 Å². The number of nitrogens with zero attached hydrogens (tertiary/aromatic N) is 4. The minimum atomic E-state index is -4.79. The number of hydrogen-bond acceptors (Lipinski definition) is 5. The molecule has 2 heterocycles. The molecular formula is C25H27F3N6O2. The molecule has 0 aliphatic heterocycles. The molecule has 0 fully saturated rings. The maximum atomic E-state index is 13.5. The number of benzene rings is 1. The lowest BCUT2D eigenvalue weighted by molar-refractivity contribution is -0.141. The van der Waals surface area contributed by atoms with Gasteiger partial charge in [0.25, 0.3) is 5.91 Å². The fourth-order valence-corrected chi connectivity index (χ4v) is 4.09. The number of hydrogen-bond donors (Lipinski definition) is 2. The Balaban J connectivity index is 1.32. The molecule has 36 heavy (non-hydrogen) atoms. The lowest BCUT2D eigenvalue weighted by atomic mass is 9.86. The van der Waals surface area contributed by atoms with Crippen LogP contribution in [0.25, 0.3) is 5.69 Å². The van der Waals surface area contributed by atoms with Gasteiger partial charge in [0.15, 0.2) is 5.69 Å². The number of fused-ring (bicyclic) bond motifs is 1. The molecule has 1 unspecified atom stereocenters. The van der Waals surface area contributed by atoms with E-state index in [-0.39, 0.29) is 30.8 Å². The molecule has 0 saturated heterocycles. The highest BCUT2D eigenvalue weighted by Gasteiger charge is 2.39. The molecule has 1 aliphatic carbocycles. The van der Waals surface area contributed by atoms with E-state index in [0.29, 0.717) is 24.9 Å². The van der Waals surface area contributed by atoms with E-state index in [9.17, 15) is 22.8 Å². The van der Waals surface area contributed by atoms with Crippen molar-refractivity contribution in [3.8, 4) is 5.69 Å². The quantitative estimate of drug-likeness (QED) is 0.484. The smallest absolute Gasteiger partial charge is 0.354 e. The first-order chi connectivity index (χ1) is 17.1. The summed E-state index contributed by atoms with van der Waals surface area (Å²) in [6, 6.07) is 8.22. The first kappa shape index (κ1) is 25.3. The summed E-state index contributed by atoms with van der Waals surface area (Å²) >= 11 is 0. The molecule has 1 atom stereocenters. The molecule has 1 aliphatic rings. The number of amides is 2. The van der Waals surface area contributed by atoms with E-state index in [1.807, 2.05) is 13.8 Å². The highest BCUT2D eigenvalue weighted by molar-refractivity contribution is 5.95. The number of carbonyl (C=O) groups is 2. The van der Waals surface area contributed by atoms with Gasteiger partial charge < -0.3 is 10.6 Å². The van der Waals surface area contributed by atoms with Crippen LogP contribution in [0.2, 0.25) is 0 Å². The van der Waals surface area contributed by atoms with Gasteiger partial charge in [0.05, 0.1) is 11.3 Å². The third kappa shape index (κ3) is 5.72. The van der Waals surface area contributed by atoms with Crippen molar-refractivity contribution in [3.05, 3.63) is 71.1 Å². The minimum absolute atomic E-state index is 0.0252. The van der Waals surface area contributed by atoms with Crippen LogP contribution >= 0.6 is 0 Å². The van der Waals surface area contributed by atoms with Crippen molar-refractivity contribution in [2.75, 3.05) is 13.1 Å². The second kappa shape index (κ2) is 10.5. The summed E-state index contributed by atoms with van der Waals surface area (Å²) in [7, 11) is 0. The fourth-order valence-electron chi connectivity index (χ4n) is 4.09. The van der Waals surface area contributed by atoms with Crippen LogP contribution in [-0.4, -0.2) is 44.7 Å². The highest BCUT2D eigenvalue weighted by atomic mass is 19.4. The summed E-state index contributed by atoms with van der Waals surface area (Å²) in [6.07, 6.45) is -0.105. The Morgan fingerprint density at radius 1 is 1.14 bits per heavy atom. The number of nitrogens with one attached hydrogen (secondary N) is 2. The average molecular weight is 501 g/mol. The zero-order chi connectivity index (χ0) is 25.9. The SMILES string of the molecule is CC(C)c1ncc2c(n1)CCC(C(=O)NCCNC(=O)c1cn(-c3ccccc3)nc1C(F)(F)F)C2. The molecule has 11 heteroatoms. The normalized spacial score (nSPS) is 15.4. The van der Waals surface area contributed by atoms with Gasteiger partial charge in [-0.15, -0.1) is 0 Å². The largest absolute Gasteiger partial charge is 0.435 e. The molecule has 2 N–H and O–H groups in total. The Hall–Kier alpha value is -3.76. The van der Waals surface area contributed by atoms with Gasteiger partial charge >= 0.3 is 6.18 Å². The topological polar surface area (TPSA) is 102 Å². The molecule has 4 rings (SSSR count). The van der Waals surface area contributed by atoms with Crippen molar-refractivity contribution in [2.24, 2.45) is 5.92 Å². The summed E-state index contributed by atoms with van der Waals surface area (Å²) in [6.45, 7) is 4.12. The van der Waals surface area contributed by atoms with Gasteiger partial charge in [-0.2, -0.15) is 18.3 Å². The van der Waals surface area contributed by atoms with Gasteiger partial charge in [0.1, 0.15) is 5.82 Å². The van der Waals surface area contributed by atoms with Crippen LogP contribution in [0, 0.1) is 5.92 Å². The molecule has 0 bridgehead atoms. The maximum absolute atomic E-state index is 13.5. The lowest BCUT2D eigenvalue weighted by Gasteiger charge is -2.23. The van der Waals surface area contributed by atoms with Crippen LogP contribution < -0.4 is 10.6 Å². The summed E-state index contributed by atoms with van der Waals surface area (Å²) in [4.78, 5) is 34.1. The molecule has 3 aromatic rings. The first-order valence-corrected chi connectivity index (χ1v) is 11.8. The second-order valence-electron chi connectivity index (χ2n) is 9.01. The van der Waals surface area contributed by atoms with E-state index >= 15 is 0 Å². The van der Waals surface area contributed by atoms with E-state index in [1.54, 1.807) is 36.5 Å². The average Bonchev–Trinajstić information content (AvgIpc) is 3.33. The number of carbonyl (C=O) groups excluding carboxylic acids is 2. The summed E-state index contributed by atoms with van der Waals surface area (Å²) in [5.41, 5.74) is 0.476. The predicted molar refractivity (Wildman–Crippen MR) is 126 cm³/mol. The molecule has 2 amide bonds. The number of halogens is 3. The van der Waals surface area contributed by atoms with E-state index < -0.39 is 23.3 Å². The maximum Gasteiger partial charge on any atom is 0.435 e. The van der Waals surface area contributed by atoms with Crippen molar-refractivity contribution in [3.63, 3.8) is 0 Å². The van der Waals surface area contributed by atoms with Crippen LogP contribution in [0.5, 0.6) is 0 Å². The third-order valence-corrected chi connectivity index (χ3v) is 6.01. The van der Waals surface area contributed by atoms with Crippen LogP contribution in [0.4, 0.5) is 13.2 Å². The van der Waals surface area contributed by atoms with Crippen molar-refractivity contribution in [1.82, 2.24) is 30.4 Å². The van der Waals surface area contributed by atoms with Crippen LogP contribution in [-0.2, 0) is 23.8 Å². The minimum Gasteiger partial charge on any atom is -0.354 e. The van der Waals surface area contributed by atoms with Gasteiger partial charge in [-0.05, 0) is 37.0 Å². The molecule has 1 aromatic carbocycles. The van der Waals surface area contributed by atoms with E-state index in [2.05, 4.69) is 25.7 Å². The number of alkyl halides is 3. The predicted octanol–water partition coefficient (Wildman–Crippen LogP) is 3.46. The zero-order valence-corrected chi connectivity index (χ0v) is 20.0. The zero-order valence-electron chi connectivity index (χ0n) is 20.0. The Morgan fingerprint density at radius 3 is 2.56 bits per heavy atom. The summed E-state index contributed by atoms with van der Waals surface area (Å²) < 4.78 is 41.5. The first-order valence-electron chi connectivity index (χ1n) is 11.8. The standard InChI is InChI=1S/C25H27F3N6O2/c1-15(2)22-31-13-17-12-16(8-9-20(17)32-22)23(35)29-10-11-30-24(36)19-14-34(18-6-4-3-5-7-18)33-21(19)25(26,27)28/h3-7,13-16H,8-12H2,1-2H3,(H,29,35)(H,30,36). The molecule has 0 radical (unpaired) electrons.